The van der Waals surface area contributed by atoms with Gasteiger partial charge in [-0.1, -0.05) is 29.6 Å². The predicted molar refractivity (Wildman–Crippen MR) is 160 cm³/mol. The van der Waals surface area contributed by atoms with E-state index in [-0.39, 0.29) is 33.8 Å². The highest BCUT2D eigenvalue weighted by Gasteiger charge is 2.44. The summed E-state index contributed by atoms with van der Waals surface area (Å²) < 4.78 is 0.617. The number of carbonyl (C=O) groups excluding carboxylic acids is 6. The number of amides is 7. The maximum Gasteiger partial charge on any atom is 0.338 e. The number of rotatable bonds is 10. The van der Waals surface area contributed by atoms with E-state index in [0.29, 0.717) is 41.2 Å². The van der Waals surface area contributed by atoms with Crippen molar-refractivity contribution in [3.63, 3.8) is 0 Å². The number of nitrogens with one attached hydrogen (secondary N) is 5. The minimum absolute atomic E-state index is 0.191. The van der Waals surface area contributed by atoms with Crippen molar-refractivity contribution >= 4 is 96.8 Å². The van der Waals surface area contributed by atoms with Crippen LogP contribution in [0.5, 0.6) is 0 Å². The van der Waals surface area contributed by atoms with E-state index in [0.717, 1.165) is 33.3 Å². The first kappa shape index (κ1) is 29.6. The summed E-state index contributed by atoms with van der Waals surface area (Å²) in [6.07, 6.45) is 2.16. The van der Waals surface area contributed by atoms with Crippen LogP contribution in [0.25, 0.3) is 0 Å². The molecule has 3 aliphatic heterocycles. The van der Waals surface area contributed by atoms with Crippen LogP contribution < -0.4 is 31.5 Å². The van der Waals surface area contributed by atoms with E-state index in [2.05, 4.69) is 52.5 Å². The monoisotopic (exact) mass is 677 g/mol. The van der Waals surface area contributed by atoms with Gasteiger partial charge in [0.2, 0.25) is 11.9 Å². The third kappa shape index (κ3) is 6.76. The highest BCUT2D eigenvalue weighted by molar-refractivity contribution is 9.10. The first-order valence-corrected chi connectivity index (χ1v) is 15.4. The van der Waals surface area contributed by atoms with Gasteiger partial charge >= 0.3 is 6.03 Å². The zero-order chi connectivity index (χ0) is 29.8. The van der Waals surface area contributed by atoms with Crippen molar-refractivity contribution in [1.29, 1.82) is 0 Å². The third-order valence-electron chi connectivity index (χ3n) is 6.24. The second kappa shape index (κ2) is 13.0. The molecule has 0 radical (unpaired) electrons. The Hall–Kier alpha value is -3.90. The first-order valence-electron chi connectivity index (χ1n) is 12.7. The van der Waals surface area contributed by atoms with E-state index >= 15 is 0 Å². The van der Waals surface area contributed by atoms with E-state index in [1.54, 1.807) is 30.5 Å². The summed E-state index contributed by atoms with van der Waals surface area (Å²) in [5, 5.41) is 13.5. The lowest BCUT2D eigenvalue weighted by Gasteiger charge is -2.19. The maximum absolute atomic E-state index is 13.0. The molecule has 42 heavy (non-hydrogen) atoms. The predicted octanol–water partition coefficient (Wildman–Crippen LogP) is 1.85. The Bertz CT molecular complexity index is 1460. The van der Waals surface area contributed by atoms with Crippen LogP contribution in [0.4, 0.5) is 37.5 Å². The molecular weight excluding hydrogens is 654 g/mol. The van der Waals surface area contributed by atoms with Gasteiger partial charge in [-0.25, -0.2) is 14.7 Å². The summed E-state index contributed by atoms with van der Waals surface area (Å²) in [5.41, 5.74) is 0.744. The minimum atomic E-state index is -0.858. The van der Waals surface area contributed by atoms with Crippen LogP contribution in [0.1, 0.15) is 6.42 Å². The van der Waals surface area contributed by atoms with Gasteiger partial charge in [-0.2, -0.15) is 4.98 Å². The number of urea groups is 1. The van der Waals surface area contributed by atoms with Crippen molar-refractivity contribution in [3.05, 3.63) is 34.9 Å². The second-order valence-electron chi connectivity index (χ2n) is 9.16. The molecular formula is C24H24BrN9O6S2. The van der Waals surface area contributed by atoms with Gasteiger partial charge < -0.3 is 26.6 Å². The van der Waals surface area contributed by atoms with Crippen LogP contribution in [-0.4, -0.2) is 92.3 Å². The lowest BCUT2D eigenvalue weighted by atomic mass is 10.2. The van der Waals surface area contributed by atoms with Gasteiger partial charge in [0.05, 0.1) is 10.2 Å². The van der Waals surface area contributed by atoms with Crippen LogP contribution in [-0.2, 0) is 14.4 Å². The fraction of sp³-hybridized carbons (Fsp3) is 0.333. The number of nitrogens with zero attached hydrogens (tertiary/aromatic N) is 4. The zero-order valence-electron chi connectivity index (χ0n) is 21.7. The fourth-order valence-corrected chi connectivity index (χ4v) is 6.07. The van der Waals surface area contributed by atoms with Crippen LogP contribution in [0.15, 0.2) is 34.9 Å². The molecule has 3 fully saturated rings. The summed E-state index contributed by atoms with van der Waals surface area (Å²) in [7, 11) is 0. The summed E-state index contributed by atoms with van der Waals surface area (Å²) >= 11 is 5.44. The van der Waals surface area contributed by atoms with E-state index in [4.69, 9.17) is 0 Å². The zero-order valence-corrected chi connectivity index (χ0v) is 24.9. The number of hydrogen-bond acceptors (Lipinski definition) is 12. The Balaban J connectivity index is 1.16. The standard InChI is InChI=1S/C24H24BrN9O6S2/c25-14-8-28-21(32-18(14)26-5-2-6-27-19(36)15-10-41-22(38)30-15)29-12-3-1-4-13(7-12)34-17(35)9-33(24(34)40)20(37)16-11-42-23(39)31-16/h1,3-4,7-8,15-16H,2,5-6,9-11H2,(H,27,36)(H,30,38)(H,31,39)(H2,26,28,29,32)/t15-,16-/m0/s1. The number of benzene rings is 1. The third-order valence-corrected chi connectivity index (χ3v) is 8.58. The molecule has 3 aliphatic rings. The molecule has 2 atom stereocenters. The van der Waals surface area contributed by atoms with Gasteiger partial charge in [-0.3, -0.25) is 28.9 Å². The van der Waals surface area contributed by atoms with Crippen molar-refractivity contribution in [1.82, 2.24) is 30.8 Å². The Labute approximate surface area is 255 Å². The molecule has 0 bridgehead atoms. The van der Waals surface area contributed by atoms with Gasteiger partial charge in [-0.15, -0.1) is 0 Å². The lowest BCUT2D eigenvalue weighted by molar-refractivity contribution is -0.131. The number of imide groups is 2. The van der Waals surface area contributed by atoms with E-state index < -0.39 is 36.5 Å². The molecule has 4 heterocycles. The van der Waals surface area contributed by atoms with E-state index in [1.165, 1.54) is 0 Å². The van der Waals surface area contributed by atoms with Gasteiger partial charge in [0, 0.05) is 36.5 Å². The number of carbonyl (C=O) groups is 6. The van der Waals surface area contributed by atoms with Crippen molar-refractivity contribution < 1.29 is 28.8 Å². The minimum Gasteiger partial charge on any atom is -0.369 e. The maximum atomic E-state index is 13.0. The van der Waals surface area contributed by atoms with Crippen molar-refractivity contribution in [2.45, 2.75) is 18.5 Å². The Kier molecular flexibility index (Phi) is 9.12. The summed E-state index contributed by atoms with van der Waals surface area (Å²) in [5.74, 6) is -0.0674. The average Bonchev–Trinajstić information content (AvgIpc) is 3.68. The molecule has 15 nitrogen and oxygen atoms in total. The molecule has 220 valence electrons. The van der Waals surface area contributed by atoms with Crippen LogP contribution in [0, 0.1) is 0 Å². The van der Waals surface area contributed by atoms with Crippen molar-refractivity contribution in [3.8, 4) is 0 Å². The average molecular weight is 679 g/mol. The highest BCUT2D eigenvalue weighted by atomic mass is 79.9. The molecule has 0 aliphatic carbocycles. The first-order chi connectivity index (χ1) is 20.2. The molecule has 2 aromatic rings. The largest absolute Gasteiger partial charge is 0.369 e. The molecule has 1 aromatic carbocycles. The smallest absolute Gasteiger partial charge is 0.338 e. The number of anilines is 4. The van der Waals surface area contributed by atoms with Gasteiger partial charge in [-0.05, 0) is 40.5 Å². The molecule has 5 rings (SSSR count). The lowest BCUT2D eigenvalue weighted by Crippen LogP contribution is -2.47. The summed E-state index contributed by atoms with van der Waals surface area (Å²) in [4.78, 5) is 83.7. The molecule has 0 unspecified atom stereocenters. The Morgan fingerprint density at radius 2 is 1.79 bits per heavy atom. The second-order valence-corrected chi connectivity index (χ2v) is 12.0. The topological polar surface area (TPSA) is 195 Å². The quantitative estimate of drug-likeness (QED) is 0.181. The fourth-order valence-electron chi connectivity index (χ4n) is 4.19. The van der Waals surface area contributed by atoms with E-state index in [9.17, 15) is 28.8 Å². The van der Waals surface area contributed by atoms with Crippen LogP contribution in [0.3, 0.4) is 0 Å². The van der Waals surface area contributed by atoms with Gasteiger partial charge in [0.15, 0.2) is 0 Å². The van der Waals surface area contributed by atoms with Crippen LogP contribution >= 0.6 is 39.5 Å². The number of thioether (sulfide) groups is 2. The Morgan fingerprint density at radius 3 is 2.50 bits per heavy atom. The van der Waals surface area contributed by atoms with Crippen molar-refractivity contribution in [2.75, 3.05) is 46.7 Å². The molecule has 7 amide bonds. The SMILES string of the molecule is O=C1N[C@H](C(=O)NCCCNc2nc(Nc3cccc(N4C(=O)CN(C(=O)[C@@H]5CSC(=O)N5)C4=O)c3)ncc2Br)CS1. The molecule has 3 saturated heterocycles. The molecule has 18 heteroatoms. The van der Waals surface area contributed by atoms with Crippen LogP contribution in [0.2, 0.25) is 0 Å². The summed E-state index contributed by atoms with van der Waals surface area (Å²) in [6.45, 7) is 0.486. The number of aromatic nitrogens is 2. The summed E-state index contributed by atoms with van der Waals surface area (Å²) in [6, 6.07) is 4.31. The normalized spacial score (nSPS) is 20.0. The molecule has 5 N–H and O–H groups in total. The molecule has 0 saturated carbocycles. The molecule has 1 aromatic heterocycles. The van der Waals surface area contributed by atoms with Gasteiger partial charge in [0.25, 0.3) is 22.3 Å². The number of hydrogen-bond donors (Lipinski definition) is 5. The number of halogens is 1. The van der Waals surface area contributed by atoms with Crippen molar-refractivity contribution in [2.24, 2.45) is 0 Å². The molecule has 0 spiro atoms. The van der Waals surface area contributed by atoms with Gasteiger partial charge in [0.1, 0.15) is 24.4 Å². The van der Waals surface area contributed by atoms with E-state index in [1.807, 2.05) is 0 Å². The highest BCUT2D eigenvalue weighted by Crippen LogP contribution is 2.28. The Morgan fingerprint density at radius 1 is 1.05 bits per heavy atom.